The largest absolute Gasteiger partial charge is 0.491 e. The normalized spacial score (nSPS) is 13.8. The van der Waals surface area contributed by atoms with E-state index in [9.17, 15) is 24.2 Å². The fourth-order valence-electron chi connectivity index (χ4n) is 3.70. The van der Waals surface area contributed by atoms with Gasteiger partial charge in [0.15, 0.2) is 0 Å². The third-order valence-electron chi connectivity index (χ3n) is 5.41. The number of nitrogens with zero attached hydrogens (tertiary/aromatic N) is 1. The van der Waals surface area contributed by atoms with E-state index in [0.717, 1.165) is 11.6 Å². The van der Waals surface area contributed by atoms with Crippen LogP contribution in [-0.4, -0.2) is 47.0 Å². The predicted octanol–water partition coefficient (Wildman–Crippen LogP) is 4.31. The van der Waals surface area contributed by atoms with Gasteiger partial charge in [0, 0.05) is 23.7 Å². The van der Waals surface area contributed by atoms with Gasteiger partial charge in [0.1, 0.15) is 5.82 Å². The first-order valence-electron chi connectivity index (χ1n) is 10.3. The Kier molecular flexibility index (Phi) is 7.90. The van der Waals surface area contributed by atoms with Gasteiger partial charge in [0.2, 0.25) is 5.76 Å². The molecule has 0 aliphatic rings. The maximum absolute atomic E-state index is 14.2. The van der Waals surface area contributed by atoms with E-state index in [2.05, 4.69) is 10.5 Å². The fraction of sp³-hybridized carbons (Fsp3) is 0.292. The summed E-state index contributed by atoms with van der Waals surface area (Å²) < 4.78 is 24.1. The minimum absolute atomic E-state index is 0.0483. The molecule has 34 heavy (non-hydrogen) atoms. The molecule has 3 N–H and O–H groups in total. The first kappa shape index (κ1) is 25.2. The molecule has 1 aromatic heterocycles. The lowest BCUT2D eigenvalue weighted by atomic mass is 9.82. The summed E-state index contributed by atoms with van der Waals surface area (Å²) in [5, 5.41) is 25.5. The number of carbonyl (C=O) groups is 2. The van der Waals surface area contributed by atoms with Crippen LogP contribution in [0, 0.1) is 11.2 Å². The molecule has 0 saturated carbocycles. The van der Waals surface area contributed by atoms with Crippen LogP contribution in [0.3, 0.4) is 0 Å². The van der Waals surface area contributed by atoms with Crippen LogP contribution in [0.1, 0.15) is 29.5 Å². The number of aromatic nitrogens is 1. The van der Waals surface area contributed by atoms with Crippen molar-refractivity contribution in [3.05, 3.63) is 70.7 Å². The summed E-state index contributed by atoms with van der Waals surface area (Å²) in [6, 6.07) is 11.7. The van der Waals surface area contributed by atoms with Crippen molar-refractivity contribution in [3.8, 4) is 17.0 Å². The number of rotatable bonds is 10. The quantitative estimate of drug-likeness (QED) is 0.387. The summed E-state index contributed by atoms with van der Waals surface area (Å²) in [4.78, 5) is 24.5. The van der Waals surface area contributed by atoms with Gasteiger partial charge in [0.25, 0.3) is 11.8 Å². The Balaban J connectivity index is 1.84. The average molecular weight is 491 g/mol. The molecule has 2 atom stereocenters. The van der Waals surface area contributed by atoms with E-state index in [1.165, 1.54) is 32.2 Å². The Morgan fingerprint density at radius 1 is 1.24 bits per heavy atom. The number of halogens is 2. The smallest absolute Gasteiger partial charge is 0.311 e. The van der Waals surface area contributed by atoms with Crippen LogP contribution in [-0.2, 0) is 16.0 Å². The van der Waals surface area contributed by atoms with Crippen LogP contribution >= 0.6 is 11.6 Å². The van der Waals surface area contributed by atoms with Gasteiger partial charge < -0.3 is 24.8 Å². The highest BCUT2D eigenvalue weighted by Gasteiger charge is 2.37. The lowest BCUT2D eigenvalue weighted by Gasteiger charge is -2.29. The van der Waals surface area contributed by atoms with Crippen LogP contribution in [0.4, 0.5) is 4.39 Å². The van der Waals surface area contributed by atoms with Crippen LogP contribution in [0.25, 0.3) is 11.1 Å². The molecular formula is C24H24ClFN2O6. The first-order valence-corrected chi connectivity index (χ1v) is 10.7. The second-order valence-electron chi connectivity index (χ2n) is 8.25. The summed E-state index contributed by atoms with van der Waals surface area (Å²) in [7, 11) is 1.40. The lowest BCUT2D eigenvalue weighted by molar-refractivity contribution is -0.152. The molecular weight excluding hydrogens is 467 g/mol. The average Bonchev–Trinajstić information content (AvgIpc) is 3.22. The molecule has 1 amide bonds. The van der Waals surface area contributed by atoms with Gasteiger partial charge in [-0.1, -0.05) is 35.9 Å². The Labute approximate surface area is 200 Å². The highest BCUT2D eigenvalue weighted by atomic mass is 35.5. The Bertz CT molecular complexity index is 1170. The number of carboxylic acid groups (broad SMARTS) is 1. The van der Waals surface area contributed by atoms with Crippen molar-refractivity contribution < 1.29 is 33.5 Å². The topological polar surface area (TPSA) is 122 Å². The molecule has 8 nitrogen and oxygen atoms in total. The number of hydrogen-bond donors (Lipinski definition) is 3. The van der Waals surface area contributed by atoms with Crippen molar-refractivity contribution in [1.29, 1.82) is 0 Å². The third kappa shape index (κ3) is 6.12. The molecule has 2 aromatic carbocycles. The van der Waals surface area contributed by atoms with Crippen molar-refractivity contribution in [2.45, 2.75) is 25.8 Å². The van der Waals surface area contributed by atoms with Gasteiger partial charge in [-0.2, -0.15) is 0 Å². The van der Waals surface area contributed by atoms with Gasteiger partial charge in [-0.3, -0.25) is 9.59 Å². The molecule has 0 bridgehead atoms. The summed E-state index contributed by atoms with van der Waals surface area (Å²) in [5.41, 5.74) is 0.478. The molecule has 3 rings (SSSR count). The fourth-order valence-corrected chi connectivity index (χ4v) is 3.87. The standard InChI is InChI=1S/C24H24ClFN2O6/c1-24(13-33-2,23(31)32)12-17(27-22(30)20-11-21(29)28-34-20)9-14-3-5-15(6-4-14)18-10-16(25)7-8-19(18)26/h3-8,10-11,17H,9,12-13H2,1-2H3,(H,27,30)(H,28,29)(H,31,32)/t17-,24+/m1/s1. The van der Waals surface area contributed by atoms with E-state index in [0.29, 0.717) is 16.1 Å². The second kappa shape index (κ2) is 10.7. The SMILES string of the molecule is COC[C@](C)(C[C@@H](Cc1ccc(-c2cc(Cl)ccc2F)cc1)NC(=O)c1cc(O)no1)C(=O)O. The third-order valence-corrected chi connectivity index (χ3v) is 5.64. The molecule has 0 aliphatic carbocycles. The van der Waals surface area contributed by atoms with Gasteiger partial charge in [-0.05, 0) is 54.2 Å². The van der Waals surface area contributed by atoms with Crippen molar-refractivity contribution in [1.82, 2.24) is 10.5 Å². The van der Waals surface area contributed by atoms with Crippen LogP contribution in [0.5, 0.6) is 5.88 Å². The second-order valence-corrected chi connectivity index (χ2v) is 8.68. The maximum atomic E-state index is 14.2. The number of aromatic hydroxyl groups is 1. The Morgan fingerprint density at radius 3 is 2.53 bits per heavy atom. The molecule has 0 aliphatic heterocycles. The number of hydrogen-bond acceptors (Lipinski definition) is 6. The van der Waals surface area contributed by atoms with Gasteiger partial charge in [-0.25, -0.2) is 4.39 Å². The summed E-state index contributed by atoms with van der Waals surface area (Å²) in [6.07, 6.45) is 0.323. The summed E-state index contributed by atoms with van der Waals surface area (Å²) in [5.74, 6) is -2.79. The van der Waals surface area contributed by atoms with Gasteiger partial charge in [0.05, 0.1) is 18.1 Å². The van der Waals surface area contributed by atoms with Gasteiger partial charge >= 0.3 is 5.97 Å². The van der Waals surface area contributed by atoms with E-state index >= 15 is 0 Å². The van der Waals surface area contributed by atoms with Crippen LogP contribution < -0.4 is 5.32 Å². The molecule has 1 heterocycles. The highest BCUT2D eigenvalue weighted by molar-refractivity contribution is 6.30. The highest BCUT2D eigenvalue weighted by Crippen LogP contribution is 2.29. The first-order chi connectivity index (χ1) is 16.1. The number of benzene rings is 2. The lowest BCUT2D eigenvalue weighted by Crippen LogP contribution is -2.44. The van der Waals surface area contributed by atoms with E-state index in [1.54, 1.807) is 24.3 Å². The number of aliphatic carboxylic acids is 1. The molecule has 3 aromatic rings. The maximum Gasteiger partial charge on any atom is 0.311 e. The van der Waals surface area contributed by atoms with E-state index < -0.39 is 35.0 Å². The Morgan fingerprint density at radius 2 is 1.94 bits per heavy atom. The molecule has 0 fully saturated rings. The molecule has 0 radical (unpaired) electrons. The zero-order valence-corrected chi connectivity index (χ0v) is 19.3. The molecule has 0 saturated heterocycles. The van der Waals surface area contributed by atoms with Crippen LogP contribution in [0.2, 0.25) is 5.02 Å². The monoisotopic (exact) mass is 490 g/mol. The number of carboxylic acids is 1. The van der Waals surface area contributed by atoms with Crippen molar-refractivity contribution >= 4 is 23.5 Å². The number of ether oxygens (including phenoxy) is 1. The van der Waals surface area contributed by atoms with E-state index in [4.69, 9.17) is 20.9 Å². The predicted molar refractivity (Wildman–Crippen MR) is 122 cm³/mol. The zero-order valence-electron chi connectivity index (χ0n) is 18.5. The molecule has 180 valence electrons. The Hall–Kier alpha value is -3.43. The summed E-state index contributed by atoms with van der Waals surface area (Å²) in [6.45, 7) is 1.47. The van der Waals surface area contributed by atoms with Crippen molar-refractivity contribution in [2.24, 2.45) is 5.41 Å². The van der Waals surface area contributed by atoms with Gasteiger partial charge in [-0.15, -0.1) is 0 Å². The van der Waals surface area contributed by atoms with Crippen LogP contribution in [0.15, 0.2) is 53.1 Å². The van der Waals surface area contributed by atoms with E-state index in [1.807, 2.05) is 0 Å². The number of carbonyl (C=O) groups excluding carboxylic acids is 1. The molecule has 0 spiro atoms. The minimum atomic E-state index is -1.28. The number of nitrogens with one attached hydrogen (secondary N) is 1. The minimum Gasteiger partial charge on any atom is -0.491 e. The molecule has 10 heteroatoms. The number of methoxy groups -OCH3 is 1. The molecule has 0 unspecified atom stereocenters. The summed E-state index contributed by atoms with van der Waals surface area (Å²) >= 11 is 5.99. The number of amides is 1. The van der Waals surface area contributed by atoms with E-state index in [-0.39, 0.29) is 25.2 Å². The van der Waals surface area contributed by atoms with Crippen molar-refractivity contribution in [3.63, 3.8) is 0 Å². The van der Waals surface area contributed by atoms with Crippen molar-refractivity contribution in [2.75, 3.05) is 13.7 Å². The zero-order chi connectivity index (χ0) is 24.9.